The summed E-state index contributed by atoms with van der Waals surface area (Å²) in [6.45, 7) is 1.44. The van der Waals surface area contributed by atoms with Crippen molar-refractivity contribution in [2.24, 2.45) is 0 Å². The lowest BCUT2D eigenvalue weighted by Crippen LogP contribution is -2.47. The molecule has 5 rings (SSSR count). The van der Waals surface area contributed by atoms with E-state index >= 15 is 0 Å². The molecule has 9 nitrogen and oxygen atoms in total. The summed E-state index contributed by atoms with van der Waals surface area (Å²) in [5.74, 6) is 0.367. The van der Waals surface area contributed by atoms with E-state index < -0.39 is 0 Å². The molecule has 0 bridgehead atoms. The van der Waals surface area contributed by atoms with Crippen LogP contribution in [0.5, 0.6) is 0 Å². The van der Waals surface area contributed by atoms with Crippen molar-refractivity contribution in [1.82, 2.24) is 30.4 Å². The molecular formula is C24H26FN7O2S. The summed E-state index contributed by atoms with van der Waals surface area (Å²) in [6.07, 6.45) is 8.10. The number of aromatic nitrogens is 4. The van der Waals surface area contributed by atoms with Gasteiger partial charge < -0.3 is 15.5 Å². The quantitative estimate of drug-likeness (QED) is 0.439. The second-order valence-corrected chi connectivity index (χ2v) is 10.1. The van der Waals surface area contributed by atoms with Gasteiger partial charge in [0.25, 0.3) is 0 Å². The molecule has 1 saturated heterocycles. The minimum atomic E-state index is -0.318. The molecule has 2 N–H and O–H groups in total. The Hall–Kier alpha value is -3.47. The number of hydrogen-bond acceptors (Lipinski definition) is 8. The van der Waals surface area contributed by atoms with E-state index in [1.807, 2.05) is 12.1 Å². The molecule has 3 aromatic heterocycles. The first-order valence-corrected chi connectivity index (χ1v) is 12.5. The average Bonchev–Trinajstić information content (AvgIpc) is 3.32. The molecule has 2 amide bonds. The number of hydrogen-bond donors (Lipinski definition) is 2. The van der Waals surface area contributed by atoms with Gasteiger partial charge in [-0.1, -0.05) is 6.42 Å². The average molecular weight is 496 g/mol. The molecule has 1 atom stereocenters. The molecular weight excluding hydrogens is 469 g/mol. The van der Waals surface area contributed by atoms with Crippen LogP contribution in [0.4, 0.5) is 10.2 Å². The Morgan fingerprint density at radius 1 is 1.26 bits per heavy atom. The minimum absolute atomic E-state index is 0.0144. The van der Waals surface area contributed by atoms with Gasteiger partial charge in [0.05, 0.1) is 12.2 Å². The predicted molar refractivity (Wildman–Crippen MR) is 129 cm³/mol. The number of carbonyl (C=O) groups is 2. The summed E-state index contributed by atoms with van der Waals surface area (Å²) < 4.78 is 14.3. The molecule has 4 heterocycles. The van der Waals surface area contributed by atoms with Crippen molar-refractivity contribution in [2.75, 3.05) is 18.4 Å². The molecule has 0 aromatic carbocycles. The maximum absolute atomic E-state index is 14.3. The van der Waals surface area contributed by atoms with Gasteiger partial charge in [-0.3, -0.25) is 14.6 Å². The van der Waals surface area contributed by atoms with Crippen LogP contribution in [0.15, 0.2) is 36.7 Å². The van der Waals surface area contributed by atoms with Crippen LogP contribution in [0.3, 0.4) is 0 Å². The molecule has 1 aliphatic heterocycles. The summed E-state index contributed by atoms with van der Waals surface area (Å²) in [5, 5.41) is 15.4. The van der Waals surface area contributed by atoms with E-state index in [1.165, 1.54) is 17.4 Å². The fourth-order valence-electron chi connectivity index (χ4n) is 4.61. The van der Waals surface area contributed by atoms with E-state index in [-0.39, 0.29) is 23.2 Å². The third-order valence-corrected chi connectivity index (χ3v) is 7.80. The summed E-state index contributed by atoms with van der Waals surface area (Å²) in [7, 11) is 0. The van der Waals surface area contributed by atoms with Crippen LogP contribution in [0, 0.1) is 5.82 Å². The van der Waals surface area contributed by atoms with Crippen LogP contribution in [0.2, 0.25) is 0 Å². The zero-order valence-electron chi connectivity index (χ0n) is 19.1. The zero-order valence-corrected chi connectivity index (χ0v) is 19.9. The highest BCUT2D eigenvalue weighted by molar-refractivity contribution is 7.15. The molecule has 2 fully saturated rings. The van der Waals surface area contributed by atoms with Gasteiger partial charge in [0.15, 0.2) is 0 Å². The smallest absolute Gasteiger partial charge is 0.220 e. The Bertz CT molecular complexity index is 1190. The predicted octanol–water partition coefficient (Wildman–Crippen LogP) is 2.91. The van der Waals surface area contributed by atoms with E-state index in [0.29, 0.717) is 54.7 Å². The van der Waals surface area contributed by atoms with E-state index in [9.17, 15) is 14.0 Å². The van der Waals surface area contributed by atoms with Crippen molar-refractivity contribution in [3.05, 3.63) is 53.0 Å². The standard InChI is InChI=1S/C24H26FN7O2S/c25-18-3-1-10-26-22(18)24(8-2-9-24)14-29-20-6-5-19(30-31-20)23-28-12-17(35-23)13-32(15-33)16-4-7-21(34)27-11-16/h1,3,5-6,10,12,15-16H,2,4,7-9,11,13-14H2,(H,27,34)(H,29,31)/t16-/m0/s1. The second-order valence-electron chi connectivity index (χ2n) is 9.03. The third kappa shape index (κ3) is 5.00. The van der Waals surface area contributed by atoms with Crippen LogP contribution >= 0.6 is 11.3 Å². The normalized spacial score (nSPS) is 18.9. The molecule has 182 valence electrons. The van der Waals surface area contributed by atoms with Gasteiger partial charge >= 0.3 is 0 Å². The van der Waals surface area contributed by atoms with Gasteiger partial charge in [-0.15, -0.1) is 21.5 Å². The number of anilines is 1. The number of halogens is 1. The molecule has 0 unspecified atom stereocenters. The highest BCUT2D eigenvalue weighted by Gasteiger charge is 2.41. The molecule has 1 saturated carbocycles. The van der Waals surface area contributed by atoms with Gasteiger partial charge in [0.2, 0.25) is 12.3 Å². The third-order valence-electron chi connectivity index (χ3n) is 6.80. The molecule has 2 aliphatic rings. The van der Waals surface area contributed by atoms with Crippen molar-refractivity contribution >= 4 is 29.5 Å². The van der Waals surface area contributed by atoms with Gasteiger partial charge in [-0.25, -0.2) is 9.37 Å². The first-order valence-electron chi connectivity index (χ1n) is 11.7. The van der Waals surface area contributed by atoms with Gasteiger partial charge in [-0.2, -0.15) is 0 Å². The van der Waals surface area contributed by atoms with Crippen molar-refractivity contribution < 1.29 is 14.0 Å². The lowest BCUT2D eigenvalue weighted by molar-refractivity contribution is -0.127. The van der Waals surface area contributed by atoms with Crippen molar-refractivity contribution in [3.8, 4) is 10.7 Å². The van der Waals surface area contributed by atoms with E-state index in [0.717, 1.165) is 30.5 Å². The second kappa shape index (κ2) is 10.0. The van der Waals surface area contributed by atoms with Crippen molar-refractivity contribution in [1.29, 1.82) is 0 Å². The summed E-state index contributed by atoms with van der Waals surface area (Å²) in [4.78, 5) is 34.4. The number of nitrogens with one attached hydrogen (secondary N) is 2. The highest BCUT2D eigenvalue weighted by Crippen LogP contribution is 2.43. The van der Waals surface area contributed by atoms with Crippen LogP contribution in [0.25, 0.3) is 10.7 Å². The van der Waals surface area contributed by atoms with E-state index in [4.69, 9.17) is 0 Å². The number of amides is 2. The molecule has 11 heteroatoms. The lowest BCUT2D eigenvalue weighted by atomic mass is 9.66. The number of piperidine rings is 1. The van der Waals surface area contributed by atoms with Gasteiger partial charge in [0, 0.05) is 48.2 Å². The van der Waals surface area contributed by atoms with Crippen molar-refractivity contribution in [3.63, 3.8) is 0 Å². The maximum Gasteiger partial charge on any atom is 0.220 e. The molecule has 3 aromatic rings. The first-order chi connectivity index (χ1) is 17.1. The lowest BCUT2D eigenvalue weighted by Gasteiger charge is -2.41. The van der Waals surface area contributed by atoms with Crippen LogP contribution < -0.4 is 10.6 Å². The number of rotatable bonds is 9. The molecule has 0 spiro atoms. The Labute approximate surface area is 206 Å². The topological polar surface area (TPSA) is 113 Å². The van der Waals surface area contributed by atoms with Crippen LogP contribution in [-0.4, -0.2) is 56.5 Å². The van der Waals surface area contributed by atoms with Gasteiger partial charge in [0.1, 0.15) is 22.3 Å². The molecule has 1 aliphatic carbocycles. The minimum Gasteiger partial charge on any atom is -0.368 e. The largest absolute Gasteiger partial charge is 0.368 e. The Balaban J connectivity index is 1.21. The van der Waals surface area contributed by atoms with Crippen LogP contribution in [0.1, 0.15) is 42.7 Å². The molecule has 35 heavy (non-hydrogen) atoms. The van der Waals surface area contributed by atoms with Crippen LogP contribution in [-0.2, 0) is 21.5 Å². The summed E-state index contributed by atoms with van der Waals surface area (Å²) in [5.41, 5.74) is 0.837. The number of pyridine rings is 1. The maximum atomic E-state index is 14.3. The summed E-state index contributed by atoms with van der Waals surface area (Å²) in [6, 6.07) is 6.74. The van der Waals surface area contributed by atoms with E-state index in [2.05, 4.69) is 30.8 Å². The Morgan fingerprint density at radius 3 is 2.80 bits per heavy atom. The summed E-state index contributed by atoms with van der Waals surface area (Å²) >= 11 is 1.46. The van der Waals surface area contributed by atoms with E-state index in [1.54, 1.807) is 23.4 Å². The SMILES string of the molecule is O=CN(Cc1cnc(-c2ccc(NCC3(c4ncccc4F)CCC3)nn2)s1)[C@H]1CCC(=O)NC1. The number of nitrogens with zero attached hydrogens (tertiary/aromatic N) is 5. The van der Waals surface area contributed by atoms with Gasteiger partial charge in [-0.05, 0) is 43.5 Å². The monoisotopic (exact) mass is 495 g/mol. The number of thiazole rings is 1. The number of carbonyl (C=O) groups excluding carboxylic acids is 2. The van der Waals surface area contributed by atoms with Crippen molar-refractivity contribution in [2.45, 2.75) is 50.1 Å². The Kier molecular flexibility index (Phi) is 6.67. The highest BCUT2D eigenvalue weighted by atomic mass is 32.1. The molecule has 0 radical (unpaired) electrons. The fourth-order valence-corrected chi connectivity index (χ4v) is 5.50. The first kappa shape index (κ1) is 23.3. The Morgan fingerprint density at radius 2 is 2.14 bits per heavy atom. The zero-order chi connectivity index (χ0) is 24.3. The fraction of sp³-hybridized carbons (Fsp3) is 0.417.